The Balaban J connectivity index is 1.69. The first-order valence-electron chi connectivity index (χ1n) is 11.3. The SMILES string of the molecule is COc1ccc2cc(C(=O)C[P+](c3ccccc3)(c3ccccc3)c3ccccc3)c(=O)oc2c1. The molecule has 0 atom stereocenters. The highest BCUT2D eigenvalue weighted by Gasteiger charge is 2.47. The number of methoxy groups -OCH3 is 1. The second kappa shape index (κ2) is 9.69. The number of ketones is 1. The fraction of sp³-hybridized carbons (Fsp3) is 0.0667. The molecule has 0 fully saturated rings. The Hall–Kier alpha value is -4.01. The van der Waals surface area contributed by atoms with Gasteiger partial charge in [0.15, 0.2) is 0 Å². The molecule has 0 aliphatic carbocycles. The fourth-order valence-corrected chi connectivity index (χ4v) is 8.57. The Morgan fingerprint density at radius 3 is 1.74 bits per heavy atom. The predicted molar refractivity (Wildman–Crippen MR) is 143 cm³/mol. The standard InChI is InChI=1S/C30H24O4P/c1-33-23-18-17-22-19-27(30(32)34-29(22)20-23)28(31)21-35(24-11-5-2-6-12-24,25-13-7-3-8-14-25)26-15-9-4-10-16-26/h2-20H,21H2,1H3/q+1. The largest absolute Gasteiger partial charge is 0.497 e. The molecule has 0 saturated carbocycles. The smallest absolute Gasteiger partial charge is 0.347 e. The Morgan fingerprint density at radius 2 is 1.26 bits per heavy atom. The lowest BCUT2D eigenvalue weighted by atomic mass is 10.1. The molecule has 0 N–H and O–H groups in total. The normalized spacial score (nSPS) is 11.3. The molecule has 4 aromatic carbocycles. The van der Waals surface area contributed by atoms with Crippen LogP contribution in [0.1, 0.15) is 10.4 Å². The van der Waals surface area contributed by atoms with E-state index in [1.165, 1.54) is 0 Å². The summed E-state index contributed by atoms with van der Waals surface area (Å²) in [5, 5.41) is 3.93. The average molecular weight is 479 g/mol. The zero-order valence-corrected chi connectivity index (χ0v) is 20.2. The van der Waals surface area contributed by atoms with Gasteiger partial charge in [-0.25, -0.2) is 4.79 Å². The number of hydrogen-bond acceptors (Lipinski definition) is 4. The Labute approximate surface area is 204 Å². The number of hydrogen-bond donors (Lipinski definition) is 0. The molecule has 0 radical (unpaired) electrons. The van der Waals surface area contributed by atoms with Crippen molar-refractivity contribution >= 4 is 39.9 Å². The Kier molecular flexibility index (Phi) is 6.31. The molecule has 1 heterocycles. The lowest BCUT2D eigenvalue weighted by molar-refractivity contribution is 0.101. The van der Waals surface area contributed by atoms with Crippen LogP contribution in [0, 0.1) is 0 Å². The summed E-state index contributed by atoms with van der Waals surface area (Å²) in [7, 11) is -0.865. The van der Waals surface area contributed by atoms with E-state index in [1.54, 1.807) is 31.4 Å². The summed E-state index contributed by atoms with van der Waals surface area (Å²) < 4.78 is 10.8. The minimum Gasteiger partial charge on any atom is -0.497 e. The molecule has 5 aromatic rings. The van der Waals surface area contributed by atoms with Crippen molar-refractivity contribution in [2.45, 2.75) is 0 Å². The first-order valence-corrected chi connectivity index (χ1v) is 13.3. The molecule has 4 nitrogen and oxygen atoms in total. The maximum Gasteiger partial charge on any atom is 0.347 e. The van der Waals surface area contributed by atoms with E-state index in [0.29, 0.717) is 16.7 Å². The molecule has 0 spiro atoms. The van der Waals surface area contributed by atoms with Crippen molar-refractivity contribution in [1.82, 2.24) is 0 Å². The minimum atomic E-state index is -2.42. The minimum absolute atomic E-state index is 0.0647. The number of carbonyl (C=O) groups is 1. The van der Waals surface area contributed by atoms with E-state index in [2.05, 4.69) is 36.4 Å². The Bertz CT molecular complexity index is 1430. The van der Waals surface area contributed by atoms with Crippen LogP contribution < -0.4 is 26.3 Å². The van der Waals surface area contributed by atoms with Crippen molar-refractivity contribution in [3.8, 4) is 5.75 Å². The van der Waals surface area contributed by atoms with Gasteiger partial charge in [0.1, 0.15) is 46.2 Å². The third-order valence-electron chi connectivity index (χ3n) is 6.22. The van der Waals surface area contributed by atoms with Gasteiger partial charge in [-0.2, -0.15) is 0 Å². The number of ether oxygens (including phenoxy) is 1. The molecule has 0 bridgehead atoms. The third kappa shape index (κ3) is 4.29. The number of benzene rings is 4. The summed E-state index contributed by atoms with van der Waals surface area (Å²) >= 11 is 0. The molecule has 5 heteroatoms. The molecular weight excluding hydrogens is 455 g/mol. The number of fused-ring (bicyclic) bond motifs is 1. The van der Waals surface area contributed by atoms with Crippen molar-refractivity contribution in [2.24, 2.45) is 0 Å². The molecule has 35 heavy (non-hydrogen) atoms. The van der Waals surface area contributed by atoms with Crippen molar-refractivity contribution in [3.63, 3.8) is 0 Å². The second-order valence-corrected chi connectivity index (χ2v) is 11.7. The Morgan fingerprint density at radius 1 is 0.743 bits per heavy atom. The second-order valence-electron chi connectivity index (χ2n) is 8.25. The maximum atomic E-state index is 13.9. The summed E-state index contributed by atoms with van der Waals surface area (Å²) in [4.78, 5) is 26.9. The van der Waals surface area contributed by atoms with Crippen molar-refractivity contribution in [2.75, 3.05) is 13.3 Å². The summed E-state index contributed by atoms with van der Waals surface area (Å²) in [6.45, 7) is 0. The van der Waals surface area contributed by atoms with Crippen molar-refractivity contribution < 1.29 is 13.9 Å². The van der Waals surface area contributed by atoms with Crippen LogP contribution in [0.4, 0.5) is 0 Å². The van der Waals surface area contributed by atoms with Gasteiger partial charge in [-0.15, -0.1) is 0 Å². The number of Topliss-reactive ketones (excluding diaryl/α,β-unsaturated/α-hetero) is 1. The van der Waals surface area contributed by atoms with E-state index in [4.69, 9.17) is 9.15 Å². The number of rotatable bonds is 7. The van der Waals surface area contributed by atoms with E-state index in [0.717, 1.165) is 15.9 Å². The first-order chi connectivity index (χ1) is 17.1. The van der Waals surface area contributed by atoms with Gasteiger partial charge in [-0.3, -0.25) is 4.79 Å². The molecular formula is C30H24O4P+. The van der Waals surface area contributed by atoms with Crippen molar-refractivity contribution in [1.29, 1.82) is 0 Å². The van der Waals surface area contributed by atoms with Gasteiger partial charge in [-0.05, 0) is 54.6 Å². The molecule has 5 rings (SSSR count). The fourth-order valence-electron chi connectivity index (χ4n) is 4.48. The summed E-state index contributed by atoms with van der Waals surface area (Å²) in [6.07, 6.45) is 0.178. The highest BCUT2D eigenvalue weighted by molar-refractivity contribution is 7.96. The van der Waals surface area contributed by atoms with Crippen LogP contribution >= 0.6 is 7.26 Å². The molecule has 1 aromatic heterocycles. The topological polar surface area (TPSA) is 56.5 Å². The predicted octanol–water partition coefficient (Wildman–Crippen LogP) is 4.98. The van der Waals surface area contributed by atoms with Crippen LogP contribution in [0.15, 0.2) is 124 Å². The molecule has 0 amide bonds. The first kappa shape index (κ1) is 22.8. The van der Waals surface area contributed by atoms with Gasteiger partial charge in [0.05, 0.1) is 7.11 Å². The van der Waals surface area contributed by atoms with E-state index in [1.807, 2.05) is 54.6 Å². The molecule has 172 valence electrons. The van der Waals surface area contributed by atoms with Crippen LogP contribution in [0.2, 0.25) is 0 Å². The molecule has 0 aliphatic heterocycles. The molecule has 0 aliphatic rings. The quantitative estimate of drug-likeness (QED) is 0.188. The van der Waals surface area contributed by atoms with Gasteiger partial charge in [0.25, 0.3) is 0 Å². The van der Waals surface area contributed by atoms with Crippen LogP contribution in [0.5, 0.6) is 5.75 Å². The van der Waals surface area contributed by atoms with Gasteiger partial charge in [-0.1, -0.05) is 54.6 Å². The summed E-state index contributed by atoms with van der Waals surface area (Å²) in [5.74, 6) is 0.350. The zero-order chi connectivity index (χ0) is 24.3. The average Bonchev–Trinajstić information content (AvgIpc) is 2.92. The van der Waals surface area contributed by atoms with Gasteiger partial charge in [0, 0.05) is 11.5 Å². The highest BCUT2D eigenvalue weighted by Crippen LogP contribution is 2.55. The van der Waals surface area contributed by atoms with E-state index in [-0.39, 0.29) is 17.5 Å². The lowest BCUT2D eigenvalue weighted by Crippen LogP contribution is -2.36. The molecule has 0 unspecified atom stereocenters. The van der Waals surface area contributed by atoms with Crippen LogP contribution in [-0.4, -0.2) is 19.1 Å². The zero-order valence-electron chi connectivity index (χ0n) is 19.3. The van der Waals surface area contributed by atoms with Crippen LogP contribution in [-0.2, 0) is 0 Å². The van der Waals surface area contributed by atoms with Crippen molar-refractivity contribution in [3.05, 3.63) is 131 Å². The number of carbonyl (C=O) groups excluding carboxylic acids is 1. The maximum absolute atomic E-state index is 13.9. The van der Waals surface area contributed by atoms with Gasteiger partial charge >= 0.3 is 5.63 Å². The van der Waals surface area contributed by atoms with Gasteiger partial charge < -0.3 is 9.15 Å². The summed E-state index contributed by atoms with van der Waals surface area (Å²) in [5.41, 5.74) is -0.181. The highest BCUT2D eigenvalue weighted by atomic mass is 31.2. The van der Waals surface area contributed by atoms with Gasteiger partial charge in [0.2, 0.25) is 5.78 Å². The third-order valence-corrected chi connectivity index (χ3v) is 10.5. The van der Waals surface area contributed by atoms with Crippen LogP contribution in [0.3, 0.4) is 0 Å². The van der Waals surface area contributed by atoms with E-state index < -0.39 is 12.9 Å². The van der Waals surface area contributed by atoms with E-state index in [9.17, 15) is 9.59 Å². The monoisotopic (exact) mass is 479 g/mol. The van der Waals surface area contributed by atoms with E-state index >= 15 is 0 Å². The van der Waals surface area contributed by atoms with Crippen LogP contribution in [0.25, 0.3) is 11.0 Å². The summed E-state index contributed by atoms with van der Waals surface area (Å²) in [6, 6.07) is 37.3. The molecule has 0 saturated heterocycles. The lowest BCUT2D eigenvalue weighted by Gasteiger charge is -2.27.